The number of benzene rings is 3. The standard InChI is InChI=1S/C25H19F4NO5/c1-14-9-15(5-8-21(14)35-13-23(31)32)12-34-22-4-2-3-17-18(22)11-30(24(17)33)16-6-7-19(20(26)10-16)25(27,28)29/h2-10H,11-13H2,1H3,(H,31,32). The zero-order valence-electron chi connectivity index (χ0n) is 18.4. The number of carboxylic acids is 1. The SMILES string of the molecule is Cc1cc(COc2cccc3c2CN(c2ccc(C(F)(F)F)c(F)c2)C3=O)ccc1OCC(=O)O. The van der Waals surface area contributed by atoms with Gasteiger partial charge in [0.05, 0.1) is 12.1 Å². The summed E-state index contributed by atoms with van der Waals surface area (Å²) in [7, 11) is 0. The van der Waals surface area contributed by atoms with E-state index in [0.29, 0.717) is 34.8 Å². The molecule has 1 amide bonds. The fraction of sp³-hybridized carbons (Fsp3) is 0.200. The predicted molar refractivity (Wildman–Crippen MR) is 117 cm³/mol. The lowest BCUT2D eigenvalue weighted by Gasteiger charge is -2.17. The summed E-state index contributed by atoms with van der Waals surface area (Å²) in [6, 6.07) is 12.4. The van der Waals surface area contributed by atoms with Gasteiger partial charge in [0.15, 0.2) is 6.61 Å². The molecule has 3 aromatic rings. The highest BCUT2D eigenvalue weighted by Gasteiger charge is 2.36. The fourth-order valence-corrected chi connectivity index (χ4v) is 3.81. The first-order valence-electron chi connectivity index (χ1n) is 10.4. The van der Waals surface area contributed by atoms with Gasteiger partial charge in [0, 0.05) is 16.8 Å². The average Bonchev–Trinajstić information content (AvgIpc) is 3.13. The van der Waals surface area contributed by atoms with Gasteiger partial charge in [0.1, 0.15) is 23.9 Å². The number of nitrogens with zero attached hydrogens (tertiary/aromatic N) is 1. The lowest BCUT2D eigenvalue weighted by molar-refractivity contribution is -0.140. The number of carboxylic acid groups (broad SMARTS) is 1. The minimum atomic E-state index is -4.83. The number of rotatable bonds is 7. The first-order valence-corrected chi connectivity index (χ1v) is 10.4. The second kappa shape index (κ2) is 9.28. The van der Waals surface area contributed by atoms with Crippen LogP contribution in [0, 0.1) is 12.7 Å². The van der Waals surface area contributed by atoms with Gasteiger partial charge >= 0.3 is 12.1 Å². The minimum Gasteiger partial charge on any atom is -0.489 e. The minimum absolute atomic E-state index is 0.00947. The highest BCUT2D eigenvalue weighted by Crippen LogP contribution is 2.37. The van der Waals surface area contributed by atoms with Gasteiger partial charge < -0.3 is 19.5 Å². The Hall–Kier alpha value is -4.08. The number of aryl methyl sites for hydroxylation is 1. The summed E-state index contributed by atoms with van der Waals surface area (Å²) >= 11 is 0. The van der Waals surface area contributed by atoms with Gasteiger partial charge in [0.2, 0.25) is 0 Å². The molecule has 0 saturated carbocycles. The fourth-order valence-electron chi connectivity index (χ4n) is 3.81. The molecule has 0 atom stereocenters. The summed E-state index contributed by atoms with van der Waals surface area (Å²) in [5.74, 6) is -2.17. The van der Waals surface area contributed by atoms with E-state index in [1.165, 1.54) is 4.90 Å². The Kier molecular flexibility index (Phi) is 6.38. The van der Waals surface area contributed by atoms with Gasteiger partial charge in [-0.05, 0) is 60.5 Å². The molecule has 1 heterocycles. The van der Waals surface area contributed by atoms with Crippen LogP contribution in [0.5, 0.6) is 11.5 Å². The number of hydrogen-bond donors (Lipinski definition) is 1. The van der Waals surface area contributed by atoms with Crippen molar-refractivity contribution >= 4 is 17.6 Å². The summed E-state index contributed by atoms with van der Waals surface area (Å²) in [6.45, 7) is 1.45. The smallest absolute Gasteiger partial charge is 0.419 e. The molecular weight excluding hydrogens is 470 g/mol. The van der Waals surface area contributed by atoms with Crippen LogP contribution in [0.15, 0.2) is 54.6 Å². The molecule has 3 aromatic carbocycles. The molecule has 0 bridgehead atoms. The largest absolute Gasteiger partial charge is 0.489 e. The highest BCUT2D eigenvalue weighted by molar-refractivity contribution is 6.10. The second-order valence-corrected chi connectivity index (χ2v) is 7.91. The maximum atomic E-state index is 14.1. The number of aliphatic carboxylic acids is 1. The molecule has 0 unspecified atom stereocenters. The number of amides is 1. The number of alkyl halides is 3. The van der Waals surface area contributed by atoms with Gasteiger partial charge in [-0.15, -0.1) is 0 Å². The molecule has 0 aromatic heterocycles. The molecule has 6 nitrogen and oxygen atoms in total. The van der Waals surface area contributed by atoms with Crippen LogP contribution in [0.2, 0.25) is 0 Å². The third-order valence-electron chi connectivity index (χ3n) is 5.48. The van der Waals surface area contributed by atoms with Crippen molar-refractivity contribution in [1.82, 2.24) is 0 Å². The normalized spacial score (nSPS) is 13.1. The quantitative estimate of drug-likeness (QED) is 0.453. The number of ether oxygens (including phenoxy) is 2. The molecular formula is C25H19F4NO5. The van der Waals surface area contributed by atoms with Crippen LogP contribution in [0.3, 0.4) is 0 Å². The Morgan fingerprint density at radius 3 is 2.49 bits per heavy atom. The molecule has 4 rings (SSSR count). The first kappa shape index (κ1) is 24.1. The Labute approximate surface area is 197 Å². The highest BCUT2D eigenvalue weighted by atomic mass is 19.4. The molecule has 0 aliphatic carbocycles. The third kappa shape index (κ3) is 5.06. The van der Waals surface area contributed by atoms with E-state index >= 15 is 0 Å². The van der Waals surface area contributed by atoms with Gasteiger partial charge in [-0.2, -0.15) is 13.2 Å². The second-order valence-electron chi connectivity index (χ2n) is 7.91. The Morgan fingerprint density at radius 2 is 1.83 bits per heavy atom. The third-order valence-corrected chi connectivity index (χ3v) is 5.48. The van der Waals surface area contributed by atoms with Crippen molar-refractivity contribution in [2.45, 2.75) is 26.3 Å². The average molecular weight is 489 g/mol. The molecule has 0 spiro atoms. The van der Waals surface area contributed by atoms with E-state index < -0.39 is 36.0 Å². The zero-order valence-corrected chi connectivity index (χ0v) is 18.4. The summed E-state index contributed by atoms with van der Waals surface area (Å²) in [4.78, 5) is 24.7. The number of carbonyl (C=O) groups excluding carboxylic acids is 1. The van der Waals surface area contributed by atoms with Gasteiger partial charge in [-0.25, -0.2) is 9.18 Å². The van der Waals surface area contributed by atoms with E-state index in [1.807, 2.05) is 0 Å². The monoisotopic (exact) mass is 489 g/mol. The Balaban J connectivity index is 1.50. The van der Waals surface area contributed by atoms with Crippen molar-refractivity contribution in [1.29, 1.82) is 0 Å². The van der Waals surface area contributed by atoms with Gasteiger partial charge in [0.25, 0.3) is 5.91 Å². The van der Waals surface area contributed by atoms with Crippen molar-refractivity contribution in [3.05, 3.63) is 88.2 Å². The summed E-state index contributed by atoms with van der Waals surface area (Å²) in [6.07, 6.45) is -4.83. The lowest BCUT2D eigenvalue weighted by atomic mass is 10.1. The molecule has 0 saturated heterocycles. The van der Waals surface area contributed by atoms with Crippen molar-refractivity contribution in [3.8, 4) is 11.5 Å². The van der Waals surface area contributed by atoms with Crippen LogP contribution in [0.1, 0.15) is 32.6 Å². The maximum Gasteiger partial charge on any atom is 0.419 e. The van der Waals surface area contributed by atoms with Gasteiger partial charge in [-0.1, -0.05) is 12.1 Å². The van der Waals surface area contributed by atoms with Crippen molar-refractivity contribution in [3.63, 3.8) is 0 Å². The van der Waals surface area contributed by atoms with Crippen molar-refractivity contribution < 1.29 is 41.7 Å². The summed E-state index contributed by atoms with van der Waals surface area (Å²) in [5.41, 5.74) is 0.955. The lowest BCUT2D eigenvalue weighted by Crippen LogP contribution is -2.23. The summed E-state index contributed by atoms with van der Waals surface area (Å²) < 4.78 is 63.8. The summed E-state index contributed by atoms with van der Waals surface area (Å²) in [5, 5.41) is 8.74. The van der Waals surface area contributed by atoms with Crippen LogP contribution < -0.4 is 14.4 Å². The molecule has 0 radical (unpaired) electrons. The Bertz CT molecular complexity index is 1310. The van der Waals surface area contributed by atoms with E-state index in [-0.39, 0.29) is 18.8 Å². The van der Waals surface area contributed by atoms with E-state index in [0.717, 1.165) is 17.2 Å². The van der Waals surface area contributed by atoms with E-state index in [2.05, 4.69) is 0 Å². The van der Waals surface area contributed by atoms with Gasteiger partial charge in [-0.3, -0.25) is 4.79 Å². The Morgan fingerprint density at radius 1 is 1.06 bits per heavy atom. The molecule has 182 valence electrons. The number of halogens is 4. The zero-order chi connectivity index (χ0) is 25.3. The number of fused-ring (bicyclic) bond motifs is 1. The van der Waals surface area contributed by atoms with Crippen LogP contribution in [0.4, 0.5) is 23.2 Å². The number of carbonyl (C=O) groups is 2. The number of hydrogen-bond acceptors (Lipinski definition) is 4. The predicted octanol–water partition coefficient (Wildman–Crippen LogP) is 5.36. The topological polar surface area (TPSA) is 76.1 Å². The first-order chi connectivity index (χ1) is 16.5. The maximum absolute atomic E-state index is 14.1. The van der Waals surface area contributed by atoms with E-state index in [4.69, 9.17) is 14.6 Å². The van der Waals surface area contributed by atoms with Crippen molar-refractivity contribution in [2.75, 3.05) is 11.5 Å². The molecule has 1 aliphatic heterocycles. The van der Waals surface area contributed by atoms with Crippen LogP contribution in [-0.4, -0.2) is 23.6 Å². The number of anilines is 1. The molecule has 1 aliphatic rings. The van der Waals surface area contributed by atoms with Crippen LogP contribution in [0.25, 0.3) is 0 Å². The molecule has 35 heavy (non-hydrogen) atoms. The van der Waals surface area contributed by atoms with E-state index in [1.54, 1.807) is 43.3 Å². The molecule has 10 heteroatoms. The van der Waals surface area contributed by atoms with E-state index in [9.17, 15) is 27.2 Å². The van der Waals surface area contributed by atoms with Crippen LogP contribution >= 0.6 is 0 Å². The van der Waals surface area contributed by atoms with Crippen LogP contribution in [-0.2, 0) is 24.1 Å². The molecule has 1 N–H and O–H groups in total. The van der Waals surface area contributed by atoms with Crippen molar-refractivity contribution in [2.24, 2.45) is 0 Å². The molecule has 0 fully saturated rings.